The summed E-state index contributed by atoms with van der Waals surface area (Å²) >= 11 is 0. The highest BCUT2D eigenvalue weighted by molar-refractivity contribution is 5.36. The van der Waals surface area contributed by atoms with E-state index in [1.807, 2.05) is 0 Å². The molecular weight excluding hydrogens is 222 g/mol. The molecule has 0 heterocycles. The second-order valence-electron chi connectivity index (χ2n) is 6.29. The van der Waals surface area contributed by atoms with Crippen LogP contribution in [0.3, 0.4) is 0 Å². The van der Waals surface area contributed by atoms with Crippen LogP contribution in [0.15, 0.2) is 24.3 Å². The van der Waals surface area contributed by atoms with Crippen molar-refractivity contribution < 1.29 is 4.74 Å². The maximum atomic E-state index is 6.14. The van der Waals surface area contributed by atoms with E-state index in [4.69, 9.17) is 10.5 Å². The highest BCUT2D eigenvalue weighted by atomic mass is 16.5. The molecule has 0 amide bonds. The number of hydrogen-bond donors (Lipinski definition) is 1. The van der Waals surface area contributed by atoms with Crippen molar-refractivity contribution in [2.24, 2.45) is 5.73 Å². The first-order valence-corrected chi connectivity index (χ1v) is 6.80. The summed E-state index contributed by atoms with van der Waals surface area (Å²) in [4.78, 5) is 0. The van der Waals surface area contributed by atoms with Crippen LogP contribution >= 0.6 is 0 Å². The lowest BCUT2D eigenvalue weighted by Crippen LogP contribution is -2.31. The van der Waals surface area contributed by atoms with Crippen LogP contribution < -0.4 is 5.73 Å². The van der Waals surface area contributed by atoms with Gasteiger partial charge in [-0.25, -0.2) is 0 Å². The molecule has 1 unspecified atom stereocenters. The molecule has 2 nitrogen and oxygen atoms in total. The van der Waals surface area contributed by atoms with Gasteiger partial charge in [0.25, 0.3) is 0 Å². The smallest absolute Gasteiger partial charge is 0.0662 e. The van der Waals surface area contributed by atoms with Gasteiger partial charge in [0, 0.05) is 25.0 Å². The molecule has 1 aliphatic rings. The Morgan fingerprint density at radius 2 is 2.06 bits per heavy atom. The minimum atomic E-state index is -0.107. The van der Waals surface area contributed by atoms with E-state index in [9.17, 15) is 0 Å². The zero-order valence-corrected chi connectivity index (χ0v) is 12.0. The van der Waals surface area contributed by atoms with Crippen LogP contribution in [0.2, 0.25) is 0 Å². The molecule has 0 radical (unpaired) electrons. The summed E-state index contributed by atoms with van der Waals surface area (Å²) in [7, 11) is 1.77. The van der Waals surface area contributed by atoms with Crippen molar-refractivity contribution in [3.05, 3.63) is 35.4 Å². The van der Waals surface area contributed by atoms with Crippen LogP contribution in [-0.2, 0) is 16.6 Å². The first-order chi connectivity index (χ1) is 8.39. The van der Waals surface area contributed by atoms with Crippen molar-refractivity contribution in [3.8, 4) is 0 Å². The molecule has 0 aromatic heterocycles. The maximum absolute atomic E-state index is 6.14. The molecule has 2 heteroatoms. The summed E-state index contributed by atoms with van der Waals surface area (Å²) < 4.78 is 5.51. The van der Waals surface area contributed by atoms with E-state index in [1.165, 1.54) is 24.0 Å². The predicted octanol–water partition coefficient (Wildman–Crippen LogP) is 3.03. The second kappa shape index (κ2) is 4.67. The normalized spacial score (nSPS) is 19.6. The first kappa shape index (κ1) is 13.6. The van der Waals surface area contributed by atoms with Gasteiger partial charge in [0.15, 0.2) is 0 Å². The average Bonchev–Trinajstić information content (AvgIpc) is 3.10. The fourth-order valence-corrected chi connectivity index (χ4v) is 2.70. The molecule has 0 spiro atoms. The fourth-order valence-electron chi connectivity index (χ4n) is 2.70. The lowest BCUT2D eigenvalue weighted by atomic mass is 9.87. The quantitative estimate of drug-likeness (QED) is 0.868. The number of rotatable bonds is 5. The lowest BCUT2D eigenvalue weighted by molar-refractivity contribution is 0.0232. The van der Waals surface area contributed by atoms with Crippen molar-refractivity contribution in [3.63, 3.8) is 0 Å². The number of nitrogens with two attached hydrogens (primary N) is 1. The van der Waals surface area contributed by atoms with E-state index < -0.39 is 0 Å². The molecule has 1 saturated carbocycles. The molecule has 0 saturated heterocycles. The van der Waals surface area contributed by atoms with Crippen molar-refractivity contribution >= 4 is 0 Å². The van der Waals surface area contributed by atoms with Gasteiger partial charge in [0.1, 0.15) is 0 Å². The largest absolute Gasteiger partial charge is 0.378 e. The SMILES string of the molecule is COC(C)(C)Cc1cccc(C2(C(C)N)CC2)c1. The lowest BCUT2D eigenvalue weighted by Gasteiger charge is -2.25. The molecule has 2 rings (SSSR count). The minimum Gasteiger partial charge on any atom is -0.378 e. The topological polar surface area (TPSA) is 35.2 Å². The average molecular weight is 247 g/mol. The Bertz CT molecular complexity index is 419. The van der Waals surface area contributed by atoms with Crippen LogP contribution in [-0.4, -0.2) is 18.8 Å². The van der Waals surface area contributed by atoms with Crippen LogP contribution in [0.5, 0.6) is 0 Å². The van der Waals surface area contributed by atoms with Crippen LogP contribution in [0.4, 0.5) is 0 Å². The van der Waals surface area contributed by atoms with Gasteiger partial charge in [-0.1, -0.05) is 24.3 Å². The minimum absolute atomic E-state index is 0.107. The summed E-state index contributed by atoms with van der Waals surface area (Å²) in [5.41, 5.74) is 9.02. The van der Waals surface area contributed by atoms with Gasteiger partial charge >= 0.3 is 0 Å². The number of methoxy groups -OCH3 is 1. The van der Waals surface area contributed by atoms with Gasteiger partial charge in [-0.15, -0.1) is 0 Å². The molecule has 2 N–H and O–H groups in total. The summed E-state index contributed by atoms with van der Waals surface area (Å²) in [5, 5.41) is 0. The van der Waals surface area contributed by atoms with Crippen LogP contribution in [0.1, 0.15) is 44.7 Å². The van der Waals surface area contributed by atoms with E-state index in [2.05, 4.69) is 45.0 Å². The third kappa shape index (κ3) is 2.60. The van der Waals surface area contributed by atoms with Gasteiger partial charge < -0.3 is 10.5 Å². The van der Waals surface area contributed by atoms with Crippen LogP contribution in [0, 0.1) is 0 Å². The van der Waals surface area contributed by atoms with E-state index >= 15 is 0 Å². The van der Waals surface area contributed by atoms with Gasteiger partial charge in [-0.2, -0.15) is 0 Å². The van der Waals surface area contributed by atoms with Crippen molar-refractivity contribution in [2.75, 3.05) is 7.11 Å². The third-order valence-electron chi connectivity index (χ3n) is 4.34. The molecule has 0 aliphatic heterocycles. The zero-order chi connectivity index (χ0) is 13.4. The van der Waals surface area contributed by atoms with Gasteiger partial charge in [0.2, 0.25) is 0 Å². The molecular formula is C16H25NO. The van der Waals surface area contributed by atoms with Crippen LogP contribution in [0.25, 0.3) is 0 Å². The monoisotopic (exact) mass is 247 g/mol. The van der Waals surface area contributed by atoms with E-state index in [0.717, 1.165) is 6.42 Å². The Kier molecular flexibility index (Phi) is 3.52. The Labute approximate surface area is 111 Å². The number of benzene rings is 1. The maximum Gasteiger partial charge on any atom is 0.0662 e. The van der Waals surface area contributed by atoms with Gasteiger partial charge in [-0.05, 0) is 44.7 Å². The number of hydrogen-bond acceptors (Lipinski definition) is 2. The molecule has 1 fully saturated rings. The Balaban J connectivity index is 2.21. The molecule has 1 atom stereocenters. The Morgan fingerprint density at radius 3 is 2.56 bits per heavy atom. The molecule has 1 aromatic rings. The summed E-state index contributed by atoms with van der Waals surface area (Å²) in [5.74, 6) is 0. The second-order valence-corrected chi connectivity index (χ2v) is 6.29. The standard InChI is InChI=1S/C16H25NO/c1-12(17)16(8-9-16)14-7-5-6-13(10-14)11-15(2,3)18-4/h5-7,10,12H,8-9,11,17H2,1-4H3. The first-order valence-electron chi connectivity index (χ1n) is 6.80. The van der Waals surface area contributed by atoms with Crippen molar-refractivity contribution in [1.29, 1.82) is 0 Å². The summed E-state index contributed by atoms with van der Waals surface area (Å²) in [6, 6.07) is 9.11. The predicted molar refractivity (Wildman–Crippen MR) is 75.8 cm³/mol. The molecule has 0 bridgehead atoms. The molecule has 18 heavy (non-hydrogen) atoms. The van der Waals surface area contributed by atoms with E-state index in [1.54, 1.807) is 7.11 Å². The highest BCUT2D eigenvalue weighted by Gasteiger charge is 2.47. The van der Waals surface area contributed by atoms with E-state index in [0.29, 0.717) is 0 Å². The molecule has 1 aromatic carbocycles. The van der Waals surface area contributed by atoms with E-state index in [-0.39, 0.29) is 17.1 Å². The Morgan fingerprint density at radius 1 is 1.39 bits per heavy atom. The number of ether oxygens (including phenoxy) is 1. The van der Waals surface area contributed by atoms with Gasteiger partial charge in [0.05, 0.1) is 5.60 Å². The third-order valence-corrected chi connectivity index (χ3v) is 4.34. The summed E-state index contributed by atoms with van der Waals surface area (Å²) in [6.07, 6.45) is 3.38. The highest BCUT2D eigenvalue weighted by Crippen LogP contribution is 2.50. The Hall–Kier alpha value is -0.860. The van der Waals surface area contributed by atoms with Gasteiger partial charge in [-0.3, -0.25) is 0 Å². The molecule has 1 aliphatic carbocycles. The van der Waals surface area contributed by atoms with Crippen molar-refractivity contribution in [1.82, 2.24) is 0 Å². The fraction of sp³-hybridized carbons (Fsp3) is 0.625. The zero-order valence-electron chi connectivity index (χ0n) is 12.0. The molecule has 100 valence electrons. The van der Waals surface area contributed by atoms with Crippen molar-refractivity contribution in [2.45, 2.75) is 57.1 Å². The summed E-state index contributed by atoms with van der Waals surface area (Å²) in [6.45, 7) is 6.37.